The van der Waals surface area contributed by atoms with Gasteiger partial charge in [-0.25, -0.2) is 23.2 Å². The number of fused-ring (bicyclic) bond motifs is 1. The highest BCUT2D eigenvalue weighted by atomic mass is 32.2. The van der Waals surface area contributed by atoms with E-state index in [1.807, 2.05) is 35.2 Å². The van der Waals surface area contributed by atoms with Gasteiger partial charge in [0.15, 0.2) is 5.69 Å². The lowest BCUT2D eigenvalue weighted by atomic mass is 10.1. The van der Waals surface area contributed by atoms with Crippen molar-refractivity contribution in [3.05, 3.63) is 60.6 Å². The second-order valence-corrected chi connectivity index (χ2v) is 8.59. The molecule has 0 spiro atoms. The molecule has 2 heterocycles. The van der Waals surface area contributed by atoms with E-state index < -0.39 is 16.0 Å². The summed E-state index contributed by atoms with van der Waals surface area (Å²) in [6.45, 7) is 1.66. The van der Waals surface area contributed by atoms with Crippen LogP contribution in [0, 0.1) is 0 Å². The molecule has 4 rings (SSSR count). The first-order chi connectivity index (χ1) is 14.0. The summed E-state index contributed by atoms with van der Waals surface area (Å²) in [6.07, 6.45) is 2.86. The predicted molar refractivity (Wildman–Crippen MR) is 108 cm³/mol. The lowest BCUT2D eigenvalue weighted by Gasteiger charge is -2.34. The zero-order chi connectivity index (χ0) is 20.4. The molecule has 0 radical (unpaired) electrons. The third-order valence-corrected chi connectivity index (χ3v) is 6.85. The van der Waals surface area contributed by atoms with Gasteiger partial charge < -0.3 is 9.64 Å². The Hall–Kier alpha value is -3.04. The van der Waals surface area contributed by atoms with Crippen LogP contribution in [-0.4, -0.2) is 61.9 Å². The molecule has 0 amide bonds. The van der Waals surface area contributed by atoms with Crippen LogP contribution in [0.1, 0.15) is 10.5 Å². The van der Waals surface area contributed by atoms with Crippen LogP contribution in [0.4, 0.5) is 5.82 Å². The van der Waals surface area contributed by atoms with Crippen LogP contribution < -0.4 is 4.90 Å². The van der Waals surface area contributed by atoms with E-state index in [0.29, 0.717) is 36.9 Å². The van der Waals surface area contributed by atoms with E-state index in [0.717, 1.165) is 10.8 Å². The molecule has 0 N–H and O–H groups in total. The molecule has 9 heteroatoms. The Kier molecular flexibility index (Phi) is 5.16. The lowest BCUT2D eigenvalue weighted by molar-refractivity contribution is 0.0593. The Bertz CT molecular complexity index is 1140. The van der Waals surface area contributed by atoms with Gasteiger partial charge in [0.25, 0.3) is 0 Å². The van der Waals surface area contributed by atoms with Crippen molar-refractivity contribution in [1.82, 2.24) is 14.3 Å². The molecule has 3 aromatic rings. The summed E-state index contributed by atoms with van der Waals surface area (Å²) in [5.74, 6) is 0.0516. The number of carbonyl (C=O) groups is 1. The molecule has 150 valence electrons. The minimum Gasteiger partial charge on any atom is -0.464 e. The summed E-state index contributed by atoms with van der Waals surface area (Å²) in [4.78, 5) is 22.0. The van der Waals surface area contributed by atoms with E-state index in [1.165, 1.54) is 23.8 Å². The molecule has 0 aliphatic carbocycles. The van der Waals surface area contributed by atoms with Crippen LogP contribution in [0.3, 0.4) is 0 Å². The summed E-state index contributed by atoms with van der Waals surface area (Å²) < 4.78 is 32.2. The highest BCUT2D eigenvalue weighted by Crippen LogP contribution is 2.23. The van der Waals surface area contributed by atoms with Gasteiger partial charge in [-0.2, -0.15) is 4.31 Å². The minimum absolute atomic E-state index is 0.133. The van der Waals surface area contributed by atoms with E-state index in [9.17, 15) is 13.2 Å². The third kappa shape index (κ3) is 3.79. The van der Waals surface area contributed by atoms with Gasteiger partial charge in [-0.3, -0.25) is 0 Å². The predicted octanol–water partition coefficient (Wildman–Crippen LogP) is 1.93. The van der Waals surface area contributed by atoms with E-state index in [4.69, 9.17) is 0 Å². The average molecular weight is 412 g/mol. The highest BCUT2D eigenvalue weighted by molar-refractivity contribution is 7.89. The Morgan fingerprint density at radius 2 is 1.69 bits per heavy atom. The molecule has 0 saturated carbocycles. The average Bonchev–Trinajstić information content (AvgIpc) is 2.78. The number of aromatic nitrogens is 2. The largest absolute Gasteiger partial charge is 0.464 e. The number of hydrogen-bond acceptors (Lipinski definition) is 7. The highest BCUT2D eigenvalue weighted by Gasteiger charge is 2.29. The van der Waals surface area contributed by atoms with Crippen LogP contribution in [0.5, 0.6) is 0 Å². The third-order valence-electron chi connectivity index (χ3n) is 4.95. The van der Waals surface area contributed by atoms with Crippen LogP contribution in [0.2, 0.25) is 0 Å². The van der Waals surface area contributed by atoms with Crippen molar-refractivity contribution in [3.63, 3.8) is 0 Å². The molecule has 1 fully saturated rings. The molecule has 1 aliphatic rings. The fraction of sp³-hybridized carbons (Fsp3) is 0.250. The zero-order valence-electron chi connectivity index (χ0n) is 15.9. The van der Waals surface area contributed by atoms with Gasteiger partial charge in [0.2, 0.25) is 10.0 Å². The van der Waals surface area contributed by atoms with Gasteiger partial charge in [-0.15, -0.1) is 0 Å². The second kappa shape index (κ2) is 7.76. The standard InChI is InChI=1S/C20H20N4O4S/c1-28-20(25)18-13-22-19(14-21-18)23-8-10-24(11-9-23)29(26,27)17-7-6-15-4-2-3-5-16(15)12-17/h2-7,12-14H,8-11H2,1H3. The molecule has 1 saturated heterocycles. The molecule has 8 nitrogen and oxygen atoms in total. The topological polar surface area (TPSA) is 92.7 Å². The van der Waals surface area contributed by atoms with E-state index in [1.54, 1.807) is 12.1 Å². The van der Waals surface area contributed by atoms with E-state index in [-0.39, 0.29) is 5.69 Å². The van der Waals surface area contributed by atoms with Crippen LogP contribution in [0.25, 0.3) is 10.8 Å². The quantitative estimate of drug-likeness (QED) is 0.605. The van der Waals surface area contributed by atoms with Crippen molar-refractivity contribution in [2.24, 2.45) is 0 Å². The number of anilines is 1. The molecular weight excluding hydrogens is 392 g/mol. The molecule has 0 atom stereocenters. The first-order valence-corrected chi connectivity index (χ1v) is 10.6. The fourth-order valence-corrected chi connectivity index (χ4v) is 4.79. The van der Waals surface area contributed by atoms with Crippen molar-refractivity contribution in [1.29, 1.82) is 0 Å². The van der Waals surface area contributed by atoms with Crippen molar-refractivity contribution in [3.8, 4) is 0 Å². The Morgan fingerprint density at radius 1 is 0.966 bits per heavy atom. The SMILES string of the molecule is COC(=O)c1cnc(N2CCN(S(=O)(=O)c3ccc4ccccc4c3)CC2)cn1. The zero-order valence-corrected chi connectivity index (χ0v) is 16.7. The summed E-state index contributed by atoms with van der Waals surface area (Å²) in [7, 11) is -2.29. The van der Waals surface area contributed by atoms with Crippen molar-refractivity contribution >= 4 is 32.6 Å². The number of ether oxygens (including phenoxy) is 1. The van der Waals surface area contributed by atoms with Crippen molar-refractivity contribution < 1.29 is 17.9 Å². The molecule has 1 aromatic heterocycles. The monoisotopic (exact) mass is 412 g/mol. The molecule has 2 aromatic carbocycles. The lowest BCUT2D eigenvalue weighted by Crippen LogP contribution is -2.49. The summed E-state index contributed by atoms with van der Waals surface area (Å²) >= 11 is 0. The fourth-order valence-electron chi connectivity index (χ4n) is 3.33. The molecule has 29 heavy (non-hydrogen) atoms. The van der Waals surface area contributed by atoms with Crippen molar-refractivity contribution in [2.45, 2.75) is 4.90 Å². The van der Waals surface area contributed by atoms with Crippen LogP contribution in [0.15, 0.2) is 59.8 Å². The summed E-state index contributed by atoms with van der Waals surface area (Å²) in [5.41, 5.74) is 0.133. The summed E-state index contributed by atoms with van der Waals surface area (Å²) in [6, 6.07) is 12.9. The van der Waals surface area contributed by atoms with Gasteiger partial charge in [-0.05, 0) is 22.9 Å². The molecule has 0 unspecified atom stereocenters. The number of esters is 1. The Morgan fingerprint density at radius 3 is 2.34 bits per heavy atom. The van der Waals surface area contributed by atoms with Crippen LogP contribution in [-0.2, 0) is 14.8 Å². The minimum atomic E-state index is -3.57. The Balaban J connectivity index is 1.47. The first-order valence-electron chi connectivity index (χ1n) is 9.13. The number of methoxy groups -OCH3 is 1. The van der Waals surface area contributed by atoms with Gasteiger partial charge in [0.1, 0.15) is 5.82 Å². The maximum atomic E-state index is 13.1. The van der Waals surface area contributed by atoms with E-state index >= 15 is 0 Å². The van der Waals surface area contributed by atoms with Gasteiger partial charge in [-0.1, -0.05) is 30.3 Å². The number of nitrogens with zero attached hydrogens (tertiary/aromatic N) is 4. The number of hydrogen-bond donors (Lipinski definition) is 0. The van der Waals surface area contributed by atoms with Gasteiger partial charge >= 0.3 is 5.97 Å². The smallest absolute Gasteiger partial charge is 0.358 e. The molecule has 1 aliphatic heterocycles. The maximum absolute atomic E-state index is 13.1. The number of sulfonamides is 1. The summed E-state index contributed by atoms with van der Waals surface area (Å²) in [5, 5.41) is 1.90. The molecule has 0 bridgehead atoms. The Labute approximate surface area is 168 Å². The van der Waals surface area contributed by atoms with E-state index in [2.05, 4.69) is 14.7 Å². The maximum Gasteiger partial charge on any atom is 0.358 e. The second-order valence-electron chi connectivity index (χ2n) is 6.65. The van der Waals surface area contributed by atoms with Crippen LogP contribution >= 0.6 is 0 Å². The normalized spacial score (nSPS) is 15.4. The van der Waals surface area contributed by atoms with Crippen molar-refractivity contribution in [2.75, 3.05) is 38.2 Å². The van der Waals surface area contributed by atoms with Gasteiger partial charge in [0, 0.05) is 26.2 Å². The number of carbonyl (C=O) groups excluding carboxylic acids is 1. The molecular formula is C20H20N4O4S. The first kappa shape index (κ1) is 19.3. The number of benzene rings is 2. The number of piperazine rings is 1. The van der Waals surface area contributed by atoms with Gasteiger partial charge in [0.05, 0.1) is 24.4 Å². The number of rotatable bonds is 4.